The second-order valence-corrected chi connectivity index (χ2v) is 7.64. The Bertz CT molecular complexity index is 590. The summed E-state index contributed by atoms with van der Waals surface area (Å²) in [7, 11) is 0. The molecule has 0 aromatic heterocycles. The first kappa shape index (κ1) is 22.4. The zero-order valence-corrected chi connectivity index (χ0v) is 17.7. The van der Waals surface area contributed by atoms with Gasteiger partial charge in [0.1, 0.15) is 0 Å². The summed E-state index contributed by atoms with van der Waals surface area (Å²) in [6.45, 7) is 17.4. The summed E-state index contributed by atoms with van der Waals surface area (Å²) in [6, 6.07) is 8.59. The Morgan fingerprint density at radius 1 is 1.15 bits per heavy atom. The highest BCUT2D eigenvalue weighted by Crippen LogP contribution is 2.21. The van der Waals surface area contributed by atoms with Crippen molar-refractivity contribution in [3.63, 3.8) is 0 Å². The molecule has 0 fully saturated rings. The molecule has 26 heavy (non-hydrogen) atoms. The first-order chi connectivity index (χ1) is 12.5. The average Bonchev–Trinajstić information content (AvgIpc) is 2.66. The van der Waals surface area contributed by atoms with Crippen LogP contribution >= 0.6 is 11.8 Å². The molecule has 0 spiro atoms. The van der Waals surface area contributed by atoms with Crippen LogP contribution in [0.25, 0.3) is 0 Å². The zero-order valence-electron chi connectivity index (χ0n) is 16.9. The number of hydrogen-bond donors (Lipinski definition) is 2. The summed E-state index contributed by atoms with van der Waals surface area (Å²) >= 11 is 2.02. The van der Waals surface area contributed by atoms with Crippen molar-refractivity contribution in [3.8, 4) is 0 Å². The fourth-order valence-corrected chi connectivity index (χ4v) is 3.70. The van der Waals surface area contributed by atoms with Crippen molar-refractivity contribution in [1.82, 2.24) is 5.32 Å². The van der Waals surface area contributed by atoms with Gasteiger partial charge in [-0.05, 0) is 56.1 Å². The minimum Gasteiger partial charge on any atom is -0.384 e. The van der Waals surface area contributed by atoms with Crippen LogP contribution in [0.15, 0.2) is 53.8 Å². The largest absolute Gasteiger partial charge is 0.384 e. The summed E-state index contributed by atoms with van der Waals surface area (Å²) in [6.07, 6.45) is 3.42. The molecule has 0 saturated carbocycles. The summed E-state index contributed by atoms with van der Waals surface area (Å²) in [5, 5.41) is 7.55. The second-order valence-electron chi connectivity index (χ2n) is 6.61. The second kappa shape index (κ2) is 12.6. The van der Waals surface area contributed by atoms with Crippen LogP contribution in [0.5, 0.6) is 0 Å². The molecule has 144 valence electrons. The monoisotopic (exact) mass is 373 g/mol. The van der Waals surface area contributed by atoms with Crippen LogP contribution in [-0.2, 0) is 6.42 Å². The zero-order chi connectivity index (χ0) is 19.4. The van der Waals surface area contributed by atoms with Gasteiger partial charge in [0.2, 0.25) is 0 Å². The molecule has 0 heterocycles. The van der Waals surface area contributed by atoms with Gasteiger partial charge in [-0.2, -0.15) is 16.9 Å². The van der Waals surface area contributed by atoms with Crippen molar-refractivity contribution in [1.29, 1.82) is 0 Å². The van der Waals surface area contributed by atoms with Gasteiger partial charge >= 0.3 is 0 Å². The maximum absolute atomic E-state index is 4.38. The molecule has 1 aromatic carbocycles. The number of benzene rings is 1. The van der Waals surface area contributed by atoms with E-state index in [4.69, 9.17) is 0 Å². The Labute approximate surface area is 164 Å². The summed E-state index contributed by atoms with van der Waals surface area (Å²) < 4.78 is 0. The number of anilines is 1. The molecule has 0 saturated heterocycles. The van der Waals surface area contributed by atoms with Crippen LogP contribution in [0, 0.1) is 5.92 Å². The van der Waals surface area contributed by atoms with E-state index in [2.05, 4.69) is 67.1 Å². The van der Waals surface area contributed by atoms with Crippen molar-refractivity contribution in [3.05, 3.63) is 54.3 Å². The average molecular weight is 374 g/mol. The van der Waals surface area contributed by atoms with Gasteiger partial charge in [0.05, 0.1) is 17.1 Å². The van der Waals surface area contributed by atoms with Gasteiger partial charge in [0.15, 0.2) is 0 Å². The highest BCUT2D eigenvalue weighted by atomic mass is 32.2. The van der Waals surface area contributed by atoms with Gasteiger partial charge in [0, 0.05) is 12.3 Å². The third kappa shape index (κ3) is 8.61. The molecule has 0 aliphatic carbocycles. The van der Waals surface area contributed by atoms with E-state index in [1.54, 1.807) is 0 Å². The first-order valence-electron chi connectivity index (χ1n) is 9.56. The van der Waals surface area contributed by atoms with E-state index in [0.29, 0.717) is 5.92 Å². The fourth-order valence-electron chi connectivity index (χ4n) is 2.40. The van der Waals surface area contributed by atoms with E-state index >= 15 is 0 Å². The van der Waals surface area contributed by atoms with E-state index in [1.165, 1.54) is 23.3 Å². The normalized spacial score (nSPS) is 12.5. The summed E-state index contributed by atoms with van der Waals surface area (Å²) in [4.78, 5) is 0. The topological polar surface area (TPSA) is 36.4 Å². The van der Waals surface area contributed by atoms with E-state index in [-0.39, 0.29) is 0 Å². The molecule has 0 amide bonds. The summed E-state index contributed by atoms with van der Waals surface area (Å²) in [5.41, 5.74) is 8.55. The van der Waals surface area contributed by atoms with Gasteiger partial charge in [-0.1, -0.05) is 51.1 Å². The lowest BCUT2D eigenvalue weighted by atomic mass is 9.99. The molecule has 4 heteroatoms. The van der Waals surface area contributed by atoms with Gasteiger partial charge in [-0.15, -0.1) is 0 Å². The smallest absolute Gasteiger partial charge is 0.0800 e. The Morgan fingerprint density at radius 2 is 1.85 bits per heavy atom. The molecule has 2 N–H and O–H groups in total. The number of nitrogens with zero attached hydrogens (tertiary/aromatic N) is 1. The molecule has 0 aliphatic rings. The van der Waals surface area contributed by atoms with Crippen LogP contribution in [0.4, 0.5) is 5.69 Å². The number of hydrazone groups is 1. The molecule has 3 nitrogen and oxygen atoms in total. The van der Waals surface area contributed by atoms with Crippen molar-refractivity contribution in [2.45, 2.75) is 47.0 Å². The van der Waals surface area contributed by atoms with E-state index < -0.39 is 0 Å². The van der Waals surface area contributed by atoms with Crippen molar-refractivity contribution < 1.29 is 0 Å². The van der Waals surface area contributed by atoms with Crippen LogP contribution in [-0.4, -0.2) is 23.8 Å². The fraction of sp³-hybridized carbons (Fsp3) is 0.500. The lowest BCUT2D eigenvalue weighted by Crippen LogP contribution is -2.17. The van der Waals surface area contributed by atoms with Gasteiger partial charge in [-0.25, -0.2) is 0 Å². The SMILES string of the molecule is C=C(CC)CSCC(CC)Cc1ccc(N/N=C(/C)C(=C)NCC)cc1. The van der Waals surface area contributed by atoms with Gasteiger partial charge in [0.25, 0.3) is 0 Å². The standard InChI is InChI=1S/C22H35N3S/c1-7-17(4)15-26-16-20(8-2)14-21-10-12-22(13-11-21)25-24-19(6)18(5)23-9-3/h10-13,20,23,25H,4-5,7-9,14-16H2,1-3,6H3/b24-19-. The van der Waals surface area contributed by atoms with Crippen molar-refractivity contribution >= 4 is 23.2 Å². The van der Waals surface area contributed by atoms with E-state index in [1.807, 2.05) is 25.6 Å². The lowest BCUT2D eigenvalue weighted by Gasteiger charge is -2.15. The molecule has 1 rings (SSSR count). The van der Waals surface area contributed by atoms with Crippen LogP contribution < -0.4 is 10.7 Å². The molecule has 1 unspecified atom stereocenters. The first-order valence-corrected chi connectivity index (χ1v) is 10.7. The number of rotatable bonds is 13. The van der Waals surface area contributed by atoms with Crippen LogP contribution in [0.1, 0.15) is 46.1 Å². The minimum atomic E-state index is 0.715. The van der Waals surface area contributed by atoms with Crippen LogP contribution in [0.3, 0.4) is 0 Å². The number of nitrogens with one attached hydrogen (secondary N) is 2. The summed E-state index contributed by atoms with van der Waals surface area (Å²) in [5.74, 6) is 3.00. The van der Waals surface area contributed by atoms with Crippen molar-refractivity contribution in [2.24, 2.45) is 11.0 Å². The van der Waals surface area contributed by atoms with E-state index in [9.17, 15) is 0 Å². The number of thioether (sulfide) groups is 1. The maximum Gasteiger partial charge on any atom is 0.0800 e. The van der Waals surface area contributed by atoms with Gasteiger partial charge < -0.3 is 5.32 Å². The minimum absolute atomic E-state index is 0.715. The molecule has 0 radical (unpaired) electrons. The maximum atomic E-state index is 4.38. The highest BCUT2D eigenvalue weighted by Gasteiger charge is 2.08. The predicted molar refractivity (Wildman–Crippen MR) is 120 cm³/mol. The molecular weight excluding hydrogens is 338 g/mol. The quantitative estimate of drug-likeness (QED) is 0.258. The van der Waals surface area contributed by atoms with Crippen LogP contribution in [0.2, 0.25) is 0 Å². The Balaban J connectivity index is 2.51. The Morgan fingerprint density at radius 3 is 2.42 bits per heavy atom. The molecule has 0 bridgehead atoms. The molecule has 0 aliphatic heterocycles. The molecular formula is C22H35N3S. The van der Waals surface area contributed by atoms with E-state index in [0.717, 1.165) is 42.2 Å². The molecule has 1 aromatic rings. The molecule has 1 atom stereocenters. The Hall–Kier alpha value is -1.68. The lowest BCUT2D eigenvalue weighted by molar-refractivity contribution is 0.570. The van der Waals surface area contributed by atoms with Crippen molar-refractivity contribution in [2.75, 3.05) is 23.5 Å². The number of allylic oxidation sites excluding steroid dienone is 1. The third-order valence-electron chi connectivity index (χ3n) is 4.40. The third-order valence-corrected chi connectivity index (χ3v) is 5.71. The highest BCUT2D eigenvalue weighted by molar-refractivity contribution is 7.99. The Kier molecular flexibility index (Phi) is 10.9. The number of hydrogen-bond acceptors (Lipinski definition) is 4. The van der Waals surface area contributed by atoms with Gasteiger partial charge in [-0.3, -0.25) is 5.43 Å². The predicted octanol–water partition coefficient (Wildman–Crippen LogP) is 5.87.